The third-order valence-electron chi connectivity index (χ3n) is 3.42. The second-order valence-electron chi connectivity index (χ2n) is 4.90. The number of nitrogens with one attached hydrogen (secondary N) is 1. The first kappa shape index (κ1) is 11.4. The van der Waals surface area contributed by atoms with Crippen molar-refractivity contribution < 1.29 is 4.42 Å². The molecule has 0 saturated heterocycles. The van der Waals surface area contributed by atoms with Crippen molar-refractivity contribution in [2.45, 2.75) is 39.3 Å². The van der Waals surface area contributed by atoms with Crippen LogP contribution in [0.15, 0.2) is 22.6 Å². The van der Waals surface area contributed by atoms with Gasteiger partial charge in [0.05, 0.1) is 6.54 Å². The summed E-state index contributed by atoms with van der Waals surface area (Å²) in [5, 5.41) is 11.6. The zero-order valence-electron chi connectivity index (χ0n) is 10.7. The van der Waals surface area contributed by atoms with Gasteiger partial charge in [-0.2, -0.15) is 0 Å². The fourth-order valence-corrected chi connectivity index (χ4v) is 1.94. The quantitative estimate of drug-likeness (QED) is 0.896. The van der Waals surface area contributed by atoms with Gasteiger partial charge in [-0.25, -0.2) is 0 Å². The van der Waals surface area contributed by atoms with E-state index in [2.05, 4.69) is 35.4 Å². The van der Waals surface area contributed by atoms with Gasteiger partial charge in [0, 0.05) is 11.6 Å². The first-order valence-electron chi connectivity index (χ1n) is 6.36. The molecular weight excluding hydrogens is 226 g/mol. The Kier molecular flexibility index (Phi) is 2.88. The smallest absolute Gasteiger partial charge is 0.248 e. The molecule has 1 N–H and O–H groups in total. The SMILES string of the molecule is Cc1cccc(-c2nnc(CNC3CC3)o2)c1C. The molecule has 2 aromatic rings. The van der Waals surface area contributed by atoms with Crippen molar-refractivity contribution in [3.8, 4) is 11.5 Å². The van der Waals surface area contributed by atoms with E-state index >= 15 is 0 Å². The third kappa shape index (κ3) is 2.29. The minimum atomic E-state index is 0.615. The molecule has 0 radical (unpaired) electrons. The van der Waals surface area contributed by atoms with Crippen molar-refractivity contribution in [1.82, 2.24) is 15.5 Å². The number of nitrogens with zero attached hydrogens (tertiary/aromatic N) is 2. The van der Waals surface area contributed by atoms with Gasteiger partial charge in [-0.15, -0.1) is 10.2 Å². The Balaban J connectivity index is 1.80. The predicted octanol–water partition coefficient (Wildman–Crippen LogP) is 2.61. The molecule has 1 fully saturated rings. The normalized spacial score (nSPS) is 15.0. The zero-order valence-corrected chi connectivity index (χ0v) is 10.7. The summed E-state index contributed by atoms with van der Waals surface area (Å²) >= 11 is 0. The van der Waals surface area contributed by atoms with Crippen LogP contribution in [0, 0.1) is 13.8 Å². The minimum Gasteiger partial charge on any atom is -0.419 e. The fraction of sp³-hybridized carbons (Fsp3) is 0.429. The van der Waals surface area contributed by atoms with Gasteiger partial charge in [-0.1, -0.05) is 12.1 Å². The van der Waals surface area contributed by atoms with Gasteiger partial charge < -0.3 is 9.73 Å². The van der Waals surface area contributed by atoms with Gasteiger partial charge in [-0.3, -0.25) is 0 Å². The summed E-state index contributed by atoms with van der Waals surface area (Å²) in [4.78, 5) is 0. The lowest BCUT2D eigenvalue weighted by Gasteiger charge is -2.03. The van der Waals surface area contributed by atoms with Crippen molar-refractivity contribution >= 4 is 0 Å². The molecule has 3 rings (SSSR count). The Morgan fingerprint density at radius 1 is 1.28 bits per heavy atom. The number of aryl methyl sites for hydroxylation is 1. The average molecular weight is 243 g/mol. The van der Waals surface area contributed by atoms with Crippen LogP contribution in [-0.4, -0.2) is 16.2 Å². The van der Waals surface area contributed by atoms with Gasteiger partial charge in [0.25, 0.3) is 0 Å². The molecule has 0 unspecified atom stereocenters. The maximum absolute atomic E-state index is 5.70. The van der Waals surface area contributed by atoms with E-state index in [1.165, 1.54) is 24.0 Å². The van der Waals surface area contributed by atoms with Crippen LogP contribution < -0.4 is 5.32 Å². The van der Waals surface area contributed by atoms with E-state index in [-0.39, 0.29) is 0 Å². The van der Waals surface area contributed by atoms with E-state index in [4.69, 9.17) is 4.42 Å². The summed E-state index contributed by atoms with van der Waals surface area (Å²) in [5.41, 5.74) is 3.46. The van der Waals surface area contributed by atoms with Crippen molar-refractivity contribution in [3.63, 3.8) is 0 Å². The van der Waals surface area contributed by atoms with Crippen LogP contribution in [-0.2, 0) is 6.54 Å². The predicted molar refractivity (Wildman–Crippen MR) is 69.1 cm³/mol. The average Bonchev–Trinajstić information content (AvgIpc) is 3.08. The van der Waals surface area contributed by atoms with Gasteiger partial charge in [0.15, 0.2) is 0 Å². The molecular formula is C14H17N3O. The maximum Gasteiger partial charge on any atom is 0.248 e. The Labute approximate surface area is 106 Å². The molecule has 18 heavy (non-hydrogen) atoms. The Bertz CT molecular complexity index is 558. The van der Waals surface area contributed by atoms with E-state index < -0.39 is 0 Å². The van der Waals surface area contributed by atoms with Crippen LogP contribution in [0.3, 0.4) is 0 Å². The third-order valence-corrected chi connectivity index (χ3v) is 3.42. The topological polar surface area (TPSA) is 51.0 Å². The van der Waals surface area contributed by atoms with E-state index in [1.807, 2.05) is 12.1 Å². The minimum absolute atomic E-state index is 0.615. The molecule has 1 aliphatic carbocycles. The Morgan fingerprint density at radius 2 is 2.11 bits per heavy atom. The maximum atomic E-state index is 5.70. The summed E-state index contributed by atoms with van der Waals surface area (Å²) < 4.78 is 5.70. The van der Waals surface area contributed by atoms with Crippen molar-refractivity contribution in [2.24, 2.45) is 0 Å². The lowest BCUT2D eigenvalue weighted by atomic mass is 10.0. The number of hydrogen-bond donors (Lipinski definition) is 1. The van der Waals surface area contributed by atoms with E-state index in [0.717, 1.165) is 5.56 Å². The second-order valence-corrected chi connectivity index (χ2v) is 4.90. The first-order chi connectivity index (χ1) is 8.74. The number of benzene rings is 1. The van der Waals surface area contributed by atoms with Gasteiger partial charge in [0.1, 0.15) is 0 Å². The fourth-order valence-electron chi connectivity index (χ4n) is 1.94. The molecule has 1 aliphatic rings. The Hall–Kier alpha value is -1.68. The molecule has 0 atom stereocenters. The molecule has 0 amide bonds. The van der Waals surface area contributed by atoms with Crippen molar-refractivity contribution in [1.29, 1.82) is 0 Å². The van der Waals surface area contributed by atoms with Crippen LogP contribution in [0.5, 0.6) is 0 Å². The summed E-state index contributed by atoms with van der Waals surface area (Å²) in [7, 11) is 0. The first-order valence-corrected chi connectivity index (χ1v) is 6.36. The zero-order chi connectivity index (χ0) is 12.5. The van der Waals surface area contributed by atoms with E-state index in [9.17, 15) is 0 Å². The molecule has 1 heterocycles. The highest BCUT2D eigenvalue weighted by atomic mass is 16.4. The molecule has 0 aliphatic heterocycles. The van der Waals surface area contributed by atoms with Crippen LogP contribution in [0.2, 0.25) is 0 Å². The lowest BCUT2D eigenvalue weighted by Crippen LogP contribution is -2.15. The van der Waals surface area contributed by atoms with E-state index in [0.29, 0.717) is 24.4 Å². The highest BCUT2D eigenvalue weighted by Crippen LogP contribution is 2.24. The molecule has 0 bridgehead atoms. The molecule has 4 heteroatoms. The highest BCUT2D eigenvalue weighted by Gasteiger charge is 2.21. The van der Waals surface area contributed by atoms with Crippen LogP contribution in [0.25, 0.3) is 11.5 Å². The van der Waals surface area contributed by atoms with Crippen molar-refractivity contribution in [3.05, 3.63) is 35.2 Å². The van der Waals surface area contributed by atoms with Crippen molar-refractivity contribution in [2.75, 3.05) is 0 Å². The number of hydrogen-bond acceptors (Lipinski definition) is 4. The lowest BCUT2D eigenvalue weighted by molar-refractivity contribution is 0.476. The second kappa shape index (κ2) is 4.53. The number of rotatable bonds is 4. The summed E-state index contributed by atoms with van der Waals surface area (Å²) in [6.07, 6.45) is 2.52. The molecule has 1 aromatic heterocycles. The molecule has 94 valence electrons. The molecule has 4 nitrogen and oxygen atoms in total. The van der Waals surface area contributed by atoms with Crippen LogP contribution in [0.1, 0.15) is 29.9 Å². The number of aromatic nitrogens is 2. The van der Waals surface area contributed by atoms with Crippen LogP contribution in [0.4, 0.5) is 0 Å². The largest absolute Gasteiger partial charge is 0.419 e. The summed E-state index contributed by atoms with van der Waals surface area (Å²) in [6, 6.07) is 6.78. The van der Waals surface area contributed by atoms with Crippen LogP contribution >= 0.6 is 0 Å². The standard InChI is InChI=1S/C14H17N3O/c1-9-4-3-5-12(10(9)2)14-17-16-13(18-14)8-15-11-6-7-11/h3-5,11,15H,6-8H2,1-2H3. The monoisotopic (exact) mass is 243 g/mol. The van der Waals surface area contributed by atoms with Gasteiger partial charge in [0.2, 0.25) is 11.8 Å². The highest BCUT2D eigenvalue weighted by molar-refractivity contribution is 5.59. The molecule has 1 saturated carbocycles. The Morgan fingerprint density at radius 3 is 2.89 bits per heavy atom. The molecule has 1 aromatic carbocycles. The summed E-state index contributed by atoms with van der Waals surface area (Å²) in [6.45, 7) is 4.84. The molecule has 0 spiro atoms. The van der Waals surface area contributed by atoms with E-state index in [1.54, 1.807) is 0 Å². The van der Waals surface area contributed by atoms with Gasteiger partial charge >= 0.3 is 0 Å². The van der Waals surface area contributed by atoms with Gasteiger partial charge in [-0.05, 0) is 43.9 Å². The summed E-state index contributed by atoms with van der Waals surface area (Å²) in [5.74, 6) is 1.28.